The molecule has 170 valence electrons. The number of carbonyl (C=O) groups is 2. The Morgan fingerprint density at radius 2 is 1.59 bits per heavy atom. The van der Waals surface area contributed by atoms with Gasteiger partial charge in [0.25, 0.3) is 0 Å². The summed E-state index contributed by atoms with van der Waals surface area (Å²) in [6.07, 6.45) is 14.6. The molecule has 1 amide bonds. The normalized spacial score (nSPS) is 13.2. The summed E-state index contributed by atoms with van der Waals surface area (Å²) in [6.45, 7) is 9.63. The Morgan fingerprint density at radius 1 is 1.03 bits per heavy atom. The van der Waals surface area contributed by atoms with E-state index in [-0.39, 0.29) is 0 Å². The molecule has 0 aliphatic heterocycles. The van der Waals surface area contributed by atoms with E-state index in [1.54, 1.807) is 20.8 Å². The minimum Gasteiger partial charge on any atom is -0.480 e. The maximum Gasteiger partial charge on any atom is 0.408 e. The van der Waals surface area contributed by atoms with Gasteiger partial charge in [-0.2, -0.15) is 11.8 Å². The molecule has 0 radical (unpaired) electrons. The highest BCUT2D eigenvalue weighted by molar-refractivity contribution is 7.99. The molecule has 0 saturated carbocycles. The van der Waals surface area contributed by atoms with Crippen molar-refractivity contribution in [1.29, 1.82) is 0 Å². The molecule has 0 bridgehead atoms. The summed E-state index contributed by atoms with van der Waals surface area (Å²) < 4.78 is 5.12. The molecule has 0 spiro atoms. The van der Waals surface area contributed by atoms with Crippen molar-refractivity contribution in [3.8, 4) is 0 Å². The van der Waals surface area contributed by atoms with Gasteiger partial charge in [0.15, 0.2) is 0 Å². The zero-order chi connectivity index (χ0) is 22.1. The number of carboxylic acids is 1. The molecule has 0 rings (SSSR count). The van der Waals surface area contributed by atoms with Gasteiger partial charge in [-0.15, -0.1) is 0 Å². The minimum atomic E-state index is -1.04. The standard InChI is InChI=1S/C23H43NO4S/c1-6-7-8-9-10-11-12-13-14-15-19(2)16-17-29-18-20(21(25)26)24-22(27)28-23(3,4)5/h16,20H,6-15,17-18H2,1-5H3,(H,24,27)(H,25,26)/b19-16+/t20-/m0/s1. The molecule has 6 heteroatoms. The lowest BCUT2D eigenvalue weighted by Crippen LogP contribution is -2.44. The Balaban J connectivity index is 3.90. The first kappa shape index (κ1) is 27.8. The first-order valence-corrected chi connectivity index (χ1v) is 12.3. The number of hydrogen-bond acceptors (Lipinski definition) is 4. The van der Waals surface area contributed by atoms with E-state index in [1.807, 2.05) is 0 Å². The van der Waals surface area contributed by atoms with Gasteiger partial charge in [-0.1, -0.05) is 69.9 Å². The number of hydrogen-bond donors (Lipinski definition) is 2. The summed E-state index contributed by atoms with van der Waals surface area (Å²) in [7, 11) is 0. The van der Waals surface area contributed by atoms with Gasteiger partial charge in [0.2, 0.25) is 0 Å². The molecule has 0 heterocycles. The number of carbonyl (C=O) groups excluding carboxylic acids is 1. The first-order chi connectivity index (χ1) is 13.7. The molecule has 0 aromatic rings. The average Bonchev–Trinajstić information content (AvgIpc) is 2.61. The number of allylic oxidation sites excluding steroid dienone is 1. The van der Waals surface area contributed by atoms with Crippen LogP contribution in [-0.2, 0) is 9.53 Å². The van der Waals surface area contributed by atoms with Gasteiger partial charge in [0.1, 0.15) is 11.6 Å². The topological polar surface area (TPSA) is 75.6 Å². The highest BCUT2D eigenvalue weighted by atomic mass is 32.2. The molecule has 5 nitrogen and oxygen atoms in total. The third-order valence-electron chi connectivity index (χ3n) is 4.50. The zero-order valence-electron chi connectivity index (χ0n) is 19.2. The van der Waals surface area contributed by atoms with Gasteiger partial charge in [-0.25, -0.2) is 9.59 Å². The van der Waals surface area contributed by atoms with Crippen LogP contribution in [0, 0.1) is 0 Å². The van der Waals surface area contributed by atoms with E-state index in [0.29, 0.717) is 5.75 Å². The number of unbranched alkanes of at least 4 members (excludes halogenated alkanes) is 8. The van der Waals surface area contributed by atoms with Crippen LogP contribution in [0.15, 0.2) is 11.6 Å². The molecule has 0 aromatic heterocycles. The van der Waals surface area contributed by atoms with Crippen LogP contribution in [-0.4, -0.2) is 40.3 Å². The van der Waals surface area contributed by atoms with Crippen LogP contribution < -0.4 is 5.32 Å². The predicted octanol–water partition coefficient (Wildman–Crippen LogP) is 6.56. The van der Waals surface area contributed by atoms with Crippen LogP contribution in [0.1, 0.15) is 98.8 Å². The van der Waals surface area contributed by atoms with Gasteiger partial charge in [-0.05, 0) is 40.5 Å². The molecular weight excluding hydrogens is 386 g/mol. The lowest BCUT2D eigenvalue weighted by Gasteiger charge is -2.21. The molecule has 0 aliphatic rings. The minimum absolute atomic E-state index is 0.316. The second kappa shape index (κ2) is 16.6. The smallest absolute Gasteiger partial charge is 0.408 e. The molecule has 0 saturated heterocycles. The molecule has 0 unspecified atom stereocenters. The number of thioether (sulfide) groups is 1. The monoisotopic (exact) mass is 429 g/mol. The Labute approximate surface area is 182 Å². The third-order valence-corrected chi connectivity index (χ3v) is 5.47. The fraction of sp³-hybridized carbons (Fsp3) is 0.826. The Bertz CT molecular complexity index is 486. The van der Waals surface area contributed by atoms with Crippen molar-refractivity contribution in [3.63, 3.8) is 0 Å². The second-order valence-corrected chi connectivity index (χ2v) is 9.78. The maximum atomic E-state index is 11.8. The van der Waals surface area contributed by atoms with E-state index >= 15 is 0 Å². The van der Waals surface area contributed by atoms with Gasteiger partial charge < -0.3 is 15.2 Å². The van der Waals surface area contributed by atoms with E-state index in [4.69, 9.17) is 4.74 Å². The summed E-state index contributed by atoms with van der Waals surface area (Å²) >= 11 is 1.51. The fourth-order valence-electron chi connectivity index (χ4n) is 2.83. The van der Waals surface area contributed by atoms with Crippen molar-refractivity contribution in [3.05, 3.63) is 11.6 Å². The van der Waals surface area contributed by atoms with Gasteiger partial charge >= 0.3 is 12.1 Å². The van der Waals surface area contributed by atoms with E-state index in [0.717, 1.165) is 12.2 Å². The number of carboxylic acid groups (broad SMARTS) is 1. The van der Waals surface area contributed by atoms with Crippen molar-refractivity contribution < 1.29 is 19.4 Å². The van der Waals surface area contributed by atoms with Crippen molar-refractivity contribution in [2.45, 2.75) is 110 Å². The third kappa shape index (κ3) is 18.6. The molecule has 0 fully saturated rings. The van der Waals surface area contributed by atoms with Gasteiger partial charge in [0, 0.05) is 11.5 Å². The van der Waals surface area contributed by atoms with Gasteiger partial charge in [-0.3, -0.25) is 0 Å². The average molecular weight is 430 g/mol. The van der Waals surface area contributed by atoms with E-state index in [2.05, 4.69) is 25.2 Å². The van der Waals surface area contributed by atoms with Crippen molar-refractivity contribution in [2.24, 2.45) is 0 Å². The zero-order valence-corrected chi connectivity index (χ0v) is 20.0. The SMILES string of the molecule is CCCCCCCCCCC/C(C)=C/CSC[C@H](NC(=O)OC(C)(C)C)C(=O)O. The maximum absolute atomic E-state index is 11.8. The van der Waals surface area contributed by atoms with E-state index in [9.17, 15) is 14.7 Å². The molecule has 1 atom stereocenters. The fourth-order valence-corrected chi connectivity index (χ4v) is 3.83. The first-order valence-electron chi connectivity index (χ1n) is 11.1. The number of rotatable bonds is 16. The molecule has 29 heavy (non-hydrogen) atoms. The van der Waals surface area contributed by atoms with Crippen LogP contribution >= 0.6 is 11.8 Å². The van der Waals surface area contributed by atoms with Crippen LogP contribution in [0.2, 0.25) is 0 Å². The van der Waals surface area contributed by atoms with Crippen molar-refractivity contribution >= 4 is 23.8 Å². The van der Waals surface area contributed by atoms with Crippen LogP contribution in [0.4, 0.5) is 4.79 Å². The second-order valence-electron chi connectivity index (χ2n) is 8.70. The number of alkyl carbamates (subject to hydrolysis) is 1. The van der Waals surface area contributed by atoms with Gasteiger partial charge in [0.05, 0.1) is 0 Å². The van der Waals surface area contributed by atoms with Crippen LogP contribution in [0.25, 0.3) is 0 Å². The number of ether oxygens (including phenoxy) is 1. The predicted molar refractivity (Wildman–Crippen MR) is 124 cm³/mol. The van der Waals surface area contributed by atoms with E-state index in [1.165, 1.54) is 75.1 Å². The highest BCUT2D eigenvalue weighted by Gasteiger charge is 2.23. The van der Waals surface area contributed by atoms with Crippen molar-refractivity contribution in [1.82, 2.24) is 5.32 Å². The Kier molecular flexibility index (Phi) is 15.9. The number of amides is 1. The Hall–Kier alpha value is -1.17. The number of aliphatic carboxylic acids is 1. The highest BCUT2D eigenvalue weighted by Crippen LogP contribution is 2.14. The van der Waals surface area contributed by atoms with Crippen LogP contribution in [0.3, 0.4) is 0 Å². The van der Waals surface area contributed by atoms with Crippen molar-refractivity contribution in [2.75, 3.05) is 11.5 Å². The summed E-state index contributed by atoms with van der Waals surface area (Å²) in [5.41, 5.74) is 0.710. The lowest BCUT2D eigenvalue weighted by molar-refractivity contribution is -0.138. The molecular formula is C23H43NO4S. The molecule has 0 aliphatic carbocycles. The van der Waals surface area contributed by atoms with E-state index < -0.39 is 23.7 Å². The number of nitrogens with one attached hydrogen (secondary N) is 1. The largest absolute Gasteiger partial charge is 0.480 e. The van der Waals surface area contributed by atoms with Crippen LogP contribution in [0.5, 0.6) is 0 Å². The Morgan fingerprint density at radius 3 is 2.10 bits per heavy atom. The summed E-state index contributed by atoms with van der Waals surface area (Å²) in [5, 5.41) is 11.7. The summed E-state index contributed by atoms with van der Waals surface area (Å²) in [5.74, 6) is 0.0261. The quantitative estimate of drug-likeness (QED) is 0.214. The molecule has 2 N–H and O–H groups in total. The lowest BCUT2D eigenvalue weighted by atomic mass is 10.0. The molecule has 0 aromatic carbocycles. The summed E-state index contributed by atoms with van der Waals surface area (Å²) in [4.78, 5) is 23.1. The summed E-state index contributed by atoms with van der Waals surface area (Å²) in [6, 6.07) is -0.944.